The molecular formula is C13H13F2NO4. The van der Waals surface area contributed by atoms with Crippen LogP contribution in [0.2, 0.25) is 0 Å². The van der Waals surface area contributed by atoms with E-state index in [0.717, 1.165) is 17.0 Å². The predicted octanol–water partition coefficient (Wildman–Crippen LogP) is 1.47. The number of halogens is 2. The van der Waals surface area contributed by atoms with Crippen LogP contribution >= 0.6 is 0 Å². The third-order valence-electron chi connectivity index (χ3n) is 2.60. The van der Waals surface area contributed by atoms with Gasteiger partial charge in [0, 0.05) is 26.0 Å². The summed E-state index contributed by atoms with van der Waals surface area (Å²) in [6, 6.07) is 2.55. The highest BCUT2D eigenvalue weighted by Gasteiger charge is 2.17. The first-order chi connectivity index (χ1) is 9.31. The fraction of sp³-hybridized carbons (Fsp3) is 0.308. The Morgan fingerprint density at radius 3 is 2.40 bits per heavy atom. The first kappa shape index (κ1) is 15.7. The molecule has 1 rings (SSSR count). The number of amides is 1. The van der Waals surface area contributed by atoms with E-state index in [4.69, 9.17) is 5.11 Å². The van der Waals surface area contributed by atoms with Crippen molar-refractivity contribution < 1.29 is 28.3 Å². The predicted molar refractivity (Wildman–Crippen MR) is 65.2 cm³/mol. The average molecular weight is 285 g/mol. The molecule has 0 unspecified atom stereocenters. The maximum Gasteiger partial charge on any atom is 0.323 e. The molecule has 0 aromatic heterocycles. The van der Waals surface area contributed by atoms with Crippen LogP contribution in [0.25, 0.3) is 0 Å². The van der Waals surface area contributed by atoms with Crippen molar-refractivity contribution in [3.05, 3.63) is 35.4 Å². The van der Waals surface area contributed by atoms with Crippen LogP contribution in [0.1, 0.15) is 23.2 Å². The van der Waals surface area contributed by atoms with Gasteiger partial charge in [0.2, 0.25) is 5.91 Å². The van der Waals surface area contributed by atoms with E-state index in [2.05, 4.69) is 0 Å². The molecule has 0 saturated heterocycles. The number of hydrogen-bond donors (Lipinski definition) is 1. The summed E-state index contributed by atoms with van der Waals surface area (Å²) in [6.45, 7) is -0.474. The molecule has 0 spiro atoms. The largest absolute Gasteiger partial charge is 0.480 e. The molecule has 1 amide bonds. The Balaban J connectivity index is 2.59. The highest BCUT2D eigenvalue weighted by molar-refractivity contribution is 5.98. The van der Waals surface area contributed by atoms with Gasteiger partial charge in [0.15, 0.2) is 5.78 Å². The van der Waals surface area contributed by atoms with Gasteiger partial charge in [-0.3, -0.25) is 14.4 Å². The summed E-state index contributed by atoms with van der Waals surface area (Å²) in [5.74, 6) is -4.13. The molecule has 0 bridgehead atoms. The first-order valence-electron chi connectivity index (χ1n) is 5.75. The van der Waals surface area contributed by atoms with E-state index >= 15 is 0 Å². The number of hydrogen-bond acceptors (Lipinski definition) is 3. The van der Waals surface area contributed by atoms with Crippen LogP contribution in [0, 0.1) is 11.6 Å². The molecule has 0 atom stereocenters. The SMILES string of the molecule is CN(CC(=O)O)C(=O)CCC(=O)c1ccc(F)cc1F. The van der Waals surface area contributed by atoms with Crippen molar-refractivity contribution in [3.63, 3.8) is 0 Å². The first-order valence-corrected chi connectivity index (χ1v) is 5.75. The number of Topliss-reactive ketones (excluding diaryl/α,β-unsaturated/α-hetero) is 1. The summed E-state index contributed by atoms with van der Waals surface area (Å²) in [5.41, 5.74) is -0.292. The number of likely N-dealkylation sites (N-methyl/N-ethyl adjacent to an activating group) is 1. The number of nitrogens with zero attached hydrogens (tertiary/aromatic N) is 1. The van der Waals surface area contributed by atoms with Gasteiger partial charge in [-0.15, -0.1) is 0 Å². The van der Waals surface area contributed by atoms with Crippen molar-refractivity contribution in [2.45, 2.75) is 12.8 Å². The lowest BCUT2D eigenvalue weighted by molar-refractivity contribution is -0.143. The summed E-state index contributed by atoms with van der Waals surface area (Å²) < 4.78 is 26.0. The van der Waals surface area contributed by atoms with Crippen LogP contribution in [-0.2, 0) is 9.59 Å². The highest BCUT2D eigenvalue weighted by Crippen LogP contribution is 2.13. The quantitative estimate of drug-likeness (QED) is 0.803. The number of ketones is 1. The minimum Gasteiger partial charge on any atom is -0.480 e. The van der Waals surface area contributed by atoms with Crippen LogP contribution in [0.3, 0.4) is 0 Å². The van der Waals surface area contributed by atoms with Gasteiger partial charge in [-0.2, -0.15) is 0 Å². The smallest absolute Gasteiger partial charge is 0.323 e. The van der Waals surface area contributed by atoms with Gasteiger partial charge in [0.25, 0.3) is 0 Å². The Labute approximate surface area is 113 Å². The van der Waals surface area contributed by atoms with Crippen molar-refractivity contribution in [1.29, 1.82) is 0 Å². The van der Waals surface area contributed by atoms with E-state index in [1.165, 1.54) is 7.05 Å². The molecular weight excluding hydrogens is 272 g/mol. The Morgan fingerprint density at radius 1 is 1.20 bits per heavy atom. The second-order valence-electron chi connectivity index (χ2n) is 4.19. The molecule has 0 saturated carbocycles. The topological polar surface area (TPSA) is 74.7 Å². The van der Waals surface area contributed by atoms with E-state index in [1.54, 1.807) is 0 Å². The zero-order chi connectivity index (χ0) is 15.3. The lowest BCUT2D eigenvalue weighted by Gasteiger charge is -2.13. The van der Waals surface area contributed by atoms with Crippen molar-refractivity contribution in [2.75, 3.05) is 13.6 Å². The van der Waals surface area contributed by atoms with Gasteiger partial charge < -0.3 is 10.0 Å². The summed E-state index contributed by atoms with van der Waals surface area (Å²) in [7, 11) is 1.29. The average Bonchev–Trinajstić information content (AvgIpc) is 2.34. The molecule has 0 aliphatic heterocycles. The number of benzene rings is 1. The summed E-state index contributed by atoms with van der Waals surface area (Å²) in [4.78, 5) is 34.5. The minimum absolute atomic E-state index is 0.237. The van der Waals surface area contributed by atoms with E-state index in [-0.39, 0.29) is 18.4 Å². The van der Waals surface area contributed by atoms with Gasteiger partial charge in [-0.25, -0.2) is 8.78 Å². The number of aliphatic carboxylic acids is 1. The molecule has 1 aromatic carbocycles. The summed E-state index contributed by atoms with van der Waals surface area (Å²) in [6.07, 6.45) is -0.509. The fourth-order valence-electron chi connectivity index (χ4n) is 1.55. The van der Waals surface area contributed by atoms with Crippen LogP contribution in [-0.4, -0.2) is 41.3 Å². The number of carboxylic acid groups (broad SMARTS) is 1. The molecule has 7 heteroatoms. The molecule has 0 aliphatic rings. The number of carboxylic acids is 1. The van der Waals surface area contributed by atoms with Crippen molar-refractivity contribution >= 4 is 17.7 Å². The Morgan fingerprint density at radius 2 is 1.85 bits per heavy atom. The lowest BCUT2D eigenvalue weighted by Crippen LogP contribution is -2.32. The van der Waals surface area contributed by atoms with Gasteiger partial charge >= 0.3 is 5.97 Å². The monoisotopic (exact) mass is 285 g/mol. The van der Waals surface area contributed by atoms with Crippen molar-refractivity contribution in [1.82, 2.24) is 4.90 Å². The van der Waals surface area contributed by atoms with Crippen LogP contribution < -0.4 is 0 Å². The third kappa shape index (κ3) is 4.42. The molecule has 108 valence electrons. The molecule has 5 nitrogen and oxygen atoms in total. The van der Waals surface area contributed by atoms with Crippen molar-refractivity contribution in [2.24, 2.45) is 0 Å². The van der Waals surface area contributed by atoms with E-state index < -0.39 is 35.8 Å². The van der Waals surface area contributed by atoms with Crippen molar-refractivity contribution in [3.8, 4) is 0 Å². The van der Waals surface area contributed by atoms with Gasteiger partial charge in [0.1, 0.15) is 18.2 Å². The Hall–Kier alpha value is -2.31. The standard InChI is InChI=1S/C13H13F2NO4/c1-16(7-13(19)20)12(18)5-4-11(17)9-3-2-8(14)6-10(9)15/h2-3,6H,4-5,7H2,1H3,(H,19,20). The fourth-order valence-corrected chi connectivity index (χ4v) is 1.55. The molecule has 0 aliphatic carbocycles. The molecule has 0 radical (unpaired) electrons. The second kappa shape index (κ2) is 6.74. The zero-order valence-corrected chi connectivity index (χ0v) is 10.7. The highest BCUT2D eigenvalue weighted by atomic mass is 19.1. The maximum atomic E-state index is 13.3. The maximum absolute atomic E-state index is 13.3. The summed E-state index contributed by atoms with van der Waals surface area (Å²) >= 11 is 0. The molecule has 0 heterocycles. The molecule has 1 aromatic rings. The number of carbonyl (C=O) groups is 3. The third-order valence-corrected chi connectivity index (χ3v) is 2.60. The Kier molecular flexibility index (Phi) is 5.31. The molecule has 0 fully saturated rings. The van der Waals surface area contributed by atoms with Gasteiger partial charge in [-0.1, -0.05) is 0 Å². The lowest BCUT2D eigenvalue weighted by atomic mass is 10.1. The van der Waals surface area contributed by atoms with Crippen LogP contribution in [0.4, 0.5) is 8.78 Å². The van der Waals surface area contributed by atoms with Crippen LogP contribution in [0.15, 0.2) is 18.2 Å². The minimum atomic E-state index is -1.17. The zero-order valence-electron chi connectivity index (χ0n) is 10.7. The molecule has 1 N–H and O–H groups in total. The number of rotatable bonds is 6. The normalized spacial score (nSPS) is 10.2. The van der Waals surface area contributed by atoms with E-state index in [1.807, 2.05) is 0 Å². The second-order valence-corrected chi connectivity index (χ2v) is 4.19. The van der Waals surface area contributed by atoms with Crippen LogP contribution in [0.5, 0.6) is 0 Å². The van der Waals surface area contributed by atoms with E-state index in [0.29, 0.717) is 6.07 Å². The summed E-state index contributed by atoms with van der Waals surface area (Å²) in [5, 5.41) is 8.50. The van der Waals surface area contributed by atoms with Gasteiger partial charge in [-0.05, 0) is 12.1 Å². The van der Waals surface area contributed by atoms with Gasteiger partial charge in [0.05, 0.1) is 5.56 Å². The number of carbonyl (C=O) groups excluding carboxylic acids is 2. The molecule has 20 heavy (non-hydrogen) atoms. The van der Waals surface area contributed by atoms with E-state index in [9.17, 15) is 23.2 Å². The Bertz CT molecular complexity index is 545.